The Morgan fingerprint density at radius 2 is 2.15 bits per heavy atom. The fourth-order valence-corrected chi connectivity index (χ4v) is 3.54. The van der Waals surface area contributed by atoms with Crippen molar-refractivity contribution in [3.05, 3.63) is 12.4 Å². The molecule has 0 aromatic carbocycles. The number of carbonyl (C=O) groups excluding carboxylic acids is 1. The van der Waals surface area contributed by atoms with Crippen molar-refractivity contribution in [2.24, 2.45) is 11.8 Å². The average molecular weight is 366 g/mol. The molecule has 1 aliphatic rings. The molecule has 0 bridgehead atoms. The summed E-state index contributed by atoms with van der Waals surface area (Å²) in [6, 6.07) is 1.25. The molecule has 1 aromatic heterocycles. The summed E-state index contributed by atoms with van der Waals surface area (Å²) in [5.74, 6) is 1.76. The number of anilines is 1. The Hall–Kier alpha value is -1.93. The van der Waals surface area contributed by atoms with Crippen LogP contribution in [-0.2, 0) is 0 Å². The van der Waals surface area contributed by atoms with E-state index in [9.17, 15) is 10.0 Å². The molecule has 3 atom stereocenters. The van der Waals surface area contributed by atoms with Crippen molar-refractivity contribution in [2.45, 2.75) is 45.4 Å². The highest BCUT2D eigenvalue weighted by molar-refractivity contribution is 5.88. The lowest BCUT2D eigenvalue weighted by molar-refractivity contribution is -1.09. The van der Waals surface area contributed by atoms with E-state index in [0.29, 0.717) is 35.8 Å². The van der Waals surface area contributed by atoms with Crippen LogP contribution in [0.4, 0.5) is 10.6 Å². The number of urea groups is 1. The van der Waals surface area contributed by atoms with Gasteiger partial charge in [-0.1, -0.05) is 32.6 Å². The van der Waals surface area contributed by atoms with Crippen LogP contribution < -0.4 is 20.4 Å². The molecule has 8 nitrogen and oxygen atoms in total. The van der Waals surface area contributed by atoms with Gasteiger partial charge in [-0.25, -0.2) is 20.0 Å². The highest BCUT2D eigenvalue weighted by Crippen LogP contribution is 2.20. The van der Waals surface area contributed by atoms with Crippen LogP contribution in [0.15, 0.2) is 12.4 Å². The monoisotopic (exact) mass is 366 g/mol. The predicted molar refractivity (Wildman–Crippen MR) is 98.4 cm³/mol. The van der Waals surface area contributed by atoms with E-state index < -0.39 is 0 Å². The molecule has 4 N–H and O–H groups in total. The summed E-state index contributed by atoms with van der Waals surface area (Å²) in [6.07, 6.45) is 8.24. The molecular weight excluding hydrogens is 334 g/mol. The molecule has 2 heterocycles. The van der Waals surface area contributed by atoms with Crippen molar-refractivity contribution >= 4 is 11.8 Å². The number of rotatable bonds is 6. The van der Waals surface area contributed by atoms with Crippen LogP contribution >= 0.6 is 0 Å². The second kappa shape index (κ2) is 10.9. The minimum absolute atomic E-state index is 0.265. The lowest BCUT2D eigenvalue weighted by Crippen LogP contribution is -3.10. The van der Waals surface area contributed by atoms with Crippen LogP contribution in [0.5, 0.6) is 5.88 Å². The largest absolute Gasteiger partial charge is 0.481 e. The number of ether oxygens (including phenoxy) is 1. The first-order valence-corrected chi connectivity index (χ1v) is 9.55. The van der Waals surface area contributed by atoms with Crippen LogP contribution in [0.1, 0.15) is 45.4 Å². The Morgan fingerprint density at radius 1 is 1.35 bits per heavy atom. The third-order valence-electron chi connectivity index (χ3n) is 4.93. The predicted octanol–water partition coefficient (Wildman–Crippen LogP) is 1.49. The van der Waals surface area contributed by atoms with Gasteiger partial charge in [0.15, 0.2) is 0 Å². The number of amides is 2. The Morgan fingerprint density at radius 3 is 2.92 bits per heavy atom. The molecular formula is C18H32N5O3+. The molecule has 2 rings (SSSR count). The van der Waals surface area contributed by atoms with Gasteiger partial charge in [0, 0.05) is 24.9 Å². The van der Waals surface area contributed by atoms with Gasteiger partial charge in [-0.2, -0.15) is 5.06 Å². The Balaban J connectivity index is 1.80. The van der Waals surface area contributed by atoms with Crippen molar-refractivity contribution < 1.29 is 19.8 Å². The minimum Gasteiger partial charge on any atom is -0.481 e. The average Bonchev–Trinajstić information content (AvgIpc) is 2.71. The molecule has 3 unspecified atom stereocenters. The highest BCUT2D eigenvalue weighted by atomic mass is 16.5. The smallest absolute Gasteiger partial charge is 0.320 e. The van der Waals surface area contributed by atoms with Gasteiger partial charge in [-0.05, 0) is 12.3 Å². The molecule has 1 saturated heterocycles. The van der Waals surface area contributed by atoms with E-state index >= 15 is 0 Å². The summed E-state index contributed by atoms with van der Waals surface area (Å²) < 4.78 is 5.01. The van der Waals surface area contributed by atoms with Gasteiger partial charge in [0.25, 0.3) is 0 Å². The number of hydrogen-bond acceptors (Lipinski definition) is 5. The van der Waals surface area contributed by atoms with E-state index in [-0.39, 0.29) is 11.9 Å². The first-order valence-electron chi connectivity index (χ1n) is 9.55. The molecule has 146 valence electrons. The van der Waals surface area contributed by atoms with Crippen LogP contribution in [0.3, 0.4) is 0 Å². The number of quaternary nitrogens is 1. The Labute approximate surface area is 155 Å². The van der Waals surface area contributed by atoms with E-state index in [1.165, 1.54) is 32.7 Å². The van der Waals surface area contributed by atoms with Crippen LogP contribution in [0.2, 0.25) is 0 Å². The number of hydrogen-bond donors (Lipinski definition) is 4. The topological polar surface area (TPSA) is 101 Å². The second-order valence-corrected chi connectivity index (χ2v) is 7.04. The molecule has 26 heavy (non-hydrogen) atoms. The number of nitrogens with zero attached hydrogens (tertiary/aromatic N) is 2. The van der Waals surface area contributed by atoms with Crippen molar-refractivity contribution in [3.63, 3.8) is 0 Å². The summed E-state index contributed by atoms with van der Waals surface area (Å²) in [5, 5.41) is 16.4. The fourth-order valence-electron chi connectivity index (χ4n) is 3.54. The highest BCUT2D eigenvalue weighted by Gasteiger charge is 2.22. The standard InChI is InChI=1S/C18H31N5O3/c1-3-5-14-6-4-7-15(12-23(25)9-8-14)11-19-18(24)22-16-10-17(26-2)21-13-20-16/h10,13-15,25H,3-9,11-12H2,1-2H3,(H2,19,20,21,22,24)/p+1. The number of nitrogens with one attached hydrogen (secondary N) is 3. The van der Waals surface area contributed by atoms with Crippen LogP contribution in [-0.4, -0.2) is 48.0 Å². The molecule has 1 aliphatic heterocycles. The van der Waals surface area contributed by atoms with E-state index in [1.807, 2.05) is 0 Å². The van der Waals surface area contributed by atoms with E-state index in [4.69, 9.17) is 4.74 Å². The maximum absolute atomic E-state index is 12.1. The number of carbonyl (C=O) groups is 1. The zero-order valence-electron chi connectivity index (χ0n) is 15.8. The van der Waals surface area contributed by atoms with Gasteiger partial charge in [-0.3, -0.25) is 5.32 Å². The lowest BCUT2D eigenvalue weighted by Gasteiger charge is -2.18. The Kier molecular flexibility index (Phi) is 8.57. The molecule has 0 aliphatic carbocycles. The maximum Gasteiger partial charge on any atom is 0.320 e. The van der Waals surface area contributed by atoms with Gasteiger partial charge >= 0.3 is 6.03 Å². The first kappa shape index (κ1) is 20.4. The van der Waals surface area contributed by atoms with Crippen LogP contribution in [0, 0.1) is 11.8 Å². The molecule has 2 amide bonds. The second-order valence-electron chi connectivity index (χ2n) is 7.04. The molecule has 8 heteroatoms. The van der Waals surface area contributed by atoms with Gasteiger partial charge in [0.1, 0.15) is 25.2 Å². The summed E-state index contributed by atoms with van der Waals surface area (Å²) in [4.78, 5) is 20.0. The van der Waals surface area contributed by atoms with E-state index in [0.717, 1.165) is 25.8 Å². The summed E-state index contributed by atoms with van der Waals surface area (Å²) >= 11 is 0. The van der Waals surface area contributed by atoms with Gasteiger partial charge < -0.3 is 10.1 Å². The van der Waals surface area contributed by atoms with E-state index in [1.54, 1.807) is 6.07 Å². The summed E-state index contributed by atoms with van der Waals surface area (Å²) in [5.41, 5.74) is 0. The fraction of sp³-hybridized carbons (Fsp3) is 0.722. The SMILES string of the molecule is CCCC1CCCC(CNC(=O)Nc2cc(OC)ncn2)C[NH+](O)CC1. The third-order valence-corrected chi connectivity index (χ3v) is 4.93. The van der Waals surface area contributed by atoms with Gasteiger partial charge in [0.05, 0.1) is 7.11 Å². The molecule has 0 saturated carbocycles. The zero-order valence-corrected chi connectivity index (χ0v) is 15.8. The maximum atomic E-state index is 12.1. The molecule has 0 radical (unpaired) electrons. The number of hydroxylamine groups is 2. The minimum atomic E-state index is -0.311. The van der Waals surface area contributed by atoms with E-state index in [2.05, 4.69) is 27.5 Å². The first-order chi connectivity index (χ1) is 12.6. The van der Waals surface area contributed by atoms with Crippen molar-refractivity contribution in [1.82, 2.24) is 15.3 Å². The quantitative estimate of drug-likeness (QED) is 0.611. The number of aromatic nitrogens is 2. The van der Waals surface area contributed by atoms with Crippen molar-refractivity contribution in [1.29, 1.82) is 0 Å². The zero-order chi connectivity index (χ0) is 18.8. The lowest BCUT2D eigenvalue weighted by atomic mass is 9.92. The third kappa shape index (κ3) is 7.13. The normalized spacial score (nSPS) is 24.0. The number of methoxy groups -OCH3 is 1. The van der Waals surface area contributed by atoms with Crippen molar-refractivity contribution in [3.8, 4) is 5.88 Å². The Bertz CT molecular complexity index is 557. The van der Waals surface area contributed by atoms with Crippen molar-refractivity contribution in [2.75, 3.05) is 32.1 Å². The van der Waals surface area contributed by atoms with Gasteiger partial charge in [-0.15, -0.1) is 0 Å². The van der Waals surface area contributed by atoms with Gasteiger partial charge in [0.2, 0.25) is 5.88 Å². The van der Waals surface area contributed by atoms with Crippen LogP contribution in [0.25, 0.3) is 0 Å². The summed E-state index contributed by atoms with van der Waals surface area (Å²) in [7, 11) is 1.51. The molecule has 0 spiro atoms. The summed E-state index contributed by atoms with van der Waals surface area (Å²) in [6.45, 7) is 4.21. The molecule has 1 fully saturated rings. The molecule has 1 aromatic rings.